The van der Waals surface area contributed by atoms with E-state index in [1.807, 2.05) is 11.0 Å². The standard InChI is InChI=1S/C16H23FN2O/c1-4-11(2)8-12(3)19-15(20)10-18-16(19)13-6-5-7-14(17)9-13/h5-7,9,11-12,16,18H,4,8,10H2,1-3H3. The first kappa shape index (κ1) is 15.0. The van der Waals surface area contributed by atoms with Crippen LogP contribution in [0.1, 0.15) is 45.3 Å². The fourth-order valence-electron chi connectivity index (χ4n) is 2.84. The number of benzene rings is 1. The van der Waals surface area contributed by atoms with Crippen LogP contribution in [-0.4, -0.2) is 23.4 Å². The van der Waals surface area contributed by atoms with Crippen LogP contribution in [0, 0.1) is 11.7 Å². The monoisotopic (exact) mass is 278 g/mol. The Morgan fingerprint density at radius 1 is 1.45 bits per heavy atom. The number of nitrogens with zero attached hydrogens (tertiary/aromatic N) is 1. The number of amides is 1. The van der Waals surface area contributed by atoms with Crippen molar-refractivity contribution < 1.29 is 9.18 Å². The van der Waals surface area contributed by atoms with Crippen LogP contribution in [0.5, 0.6) is 0 Å². The molecule has 1 aliphatic rings. The lowest BCUT2D eigenvalue weighted by molar-refractivity contribution is -0.130. The Kier molecular flexibility index (Phi) is 4.76. The van der Waals surface area contributed by atoms with E-state index in [0.29, 0.717) is 12.5 Å². The first-order valence-corrected chi connectivity index (χ1v) is 7.33. The second-order valence-electron chi connectivity index (χ2n) is 5.74. The Hall–Kier alpha value is -1.42. The SMILES string of the molecule is CCC(C)CC(C)N1C(=O)CNC1c1cccc(F)c1. The normalized spacial score (nSPS) is 22.1. The zero-order valence-electron chi connectivity index (χ0n) is 12.4. The van der Waals surface area contributed by atoms with Gasteiger partial charge in [0.05, 0.1) is 6.54 Å². The lowest BCUT2D eigenvalue weighted by Gasteiger charge is -2.32. The third-order valence-corrected chi connectivity index (χ3v) is 4.09. The summed E-state index contributed by atoms with van der Waals surface area (Å²) in [6.45, 7) is 6.75. The zero-order valence-corrected chi connectivity index (χ0v) is 12.4. The van der Waals surface area contributed by atoms with Crippen LogP contribution in [-0.2, 0) is 4.79 Å². The van der Waals surface area contributed by atoms with E-state index in [9.17, 15) is 9.18 Å². The molecule has 0 aromatic heterocycles. The number of halogens is 1. The van der Waals surface area contributed by atoms with Crippen molar-refractivity contribution in [1.29, 1.82) is 0 Å². The summed E-state index contributed by atoms with van der Waals surface area (Å²) in [5.74, 6) is 0.403. The van der Waals surface area contributed by atoms with Crippen molar-refractivity contribution >= 4 is 5.91 Å². The molecule has 3 atom stereocenters. The van der Waals surface area contributed by atoms with E-state index in [1.165, 1.54) is 12.1 Å². The molecule has 2 rings (SSSR count). The number of carbonyl (C=O) groups excluding carboxylic acids is 1. The zero-order chi connectivity index (χ0) is 14.7. The van der Waals surface area contributed by atoms with E-state index >= 15 is 0 Å². The molecule has 0 aliphatic carbocycles. The number of rotatable bonds is 5. The molecular formula is C16H23FN2O. The average Bonchev–Trinajstić information content (AvgIpc) is 2.80. The molecule has 0 spiro atoms. The summed E-state index contributed by atoms with van der Waals surface area (Å²) < 4.78 is 13.4. The molecule has 0 saturated carbocycles. The van der Waals surface area contributed by atoms with Crippen molar-refractivity contribution in [1.82, 2.24) is 10.2 Å². The predicted octanol–water partition coefficient (Wildman–Crippen LogP) is 3.08. The topological polar surface area (TPSA) is 32.3 Å². The van der Waals surface area contributed by atoms with Gasteiger partial charge in [0.2, 0.25) is 5.91 Å². The third-order valence-electron chi connectivity index (χ3n) is 4.09. The number of nitrogens with one attached hydrogen (secondary N) is 1. The van der Waals surface area contributed by atoms with Gasteiger partial charge >= 0.3 is 0 Å². The quantitative estimate of drug-likeness (QED) is 0.897. The molecule has 1 aromatic carbocycles. The highest BCUT2D eigenvalue weighted by atomic mass is 19.1. The minimum atomic E-state index is -0.266. The maximum Gasteiger partial charge on any atom is 0.238 e. The molecule has 1 fully saturated rings. The van der Waals surface area contributed by atoms with Crippen LogP contribution < -0.4 is 5.32 Å². The maximum absolute atomic E-state index is 13.4. The van der Waals surface area contributed by atoms with Gasteiger partial charge in [-0.2, -0.15) is 0 Å². The van der Waals surface area contributed by atoms with Gasteiger partial charge in [-0.3, -0.25) is 10.1 Å². The van der Waals surface area contributed by atoms with Gasteiger partial charge in [-0.25, -0.2) is 4.39 Å². The average molecular weight is 278 g/mol. The molecule has 4 heteroatoms. The van der Waals surface area contributed by atoms with E-state index in [2.05, 4.69) is 26.1 Å². The van der Waals surface area contributed by atoms with Gasteiger partial charge in [-0.15, -0.1) is 0 Å². The second-order valence-corrected chi connectivity index (χ2v) is 5.74. The lowest BCUT2D eigenvalue weighted by Crippen LogP contribution is -2.38. The van der Waals surface area contributed by atoms with Gasteiger partial charge < -0.3 is 4.90 Å². The van der Waals surface area contributed by atoms with Gasteiger partial charge in [0.1, 0.15) is 12.0 Å². The van der Waals surface area contributed by atoms with Crippen molar-refractivity contribution in [2.75, 3.05) is 6.54 Å². The highest BCUT2D eigenvalue weighted by Gasteiger charge is 2.35. The summed E-state index contributed by atoms with van der Waals surface area (Å²) in [6.07, 6.45) is 1.86. The summed E-state index contributed by atoms with van der Waals surface area (Å²) in [5.41, 5.74) is 0.812. The number of hydrogen-bond acceptors (Lipinski definition) is 2. The van der Waals surface area contributed by atoms with Crippen LogP contribution in [0.4, 0.5) is 4.39 Å². The maximum atomic E-state index is 13.4. The van der Waals surface area contributed by atoms with E-state index in [-0.39, 0.29) is 23.9 Å². The second kappa shape index (κ2) is 6.35. The molecule has 1 saturated heterocycles. The van der Waals surface area contributed by atoms with E-state index in [1.54, 1.807) is 6.07 Å². The fraction of sp³-hybridized carbons (Fsp3) is 0.562. The van der Waals surface area contributed by atoms with Crippen LogP contribution in [0.3, 0.4) is 0 Å². The molecule has 110 valence electrons. The summed E-state index contributed by atoms with van der Waals surface area (Å²) in [5, 5.41) is 3.18. The molecule has 20 heavy (non-hydrogen) atoms. The Labute approximate surface area is 120 Å². The number of carbonyl (C=O) groups is 1. The Morgan fingerprint density at radius 3 is 2.85 bits per heavy atom. The van der Waals surface area contributed by atoms with Gasteiger partial charge in [0.15, 0.2) is 0 Å². The van der Waals surface area contributed by atoms with Crippen molar-refractivity contribution in [3.8, 4) is 0 Å². The van der Waals surface area contributed by atoms with Crippen LogP contribution in [0.2, 0.25) is 0 Å². The molecular weight excluding hydrogens is 255 g/mol. The van der Waals surface area contributed by atoms with Gasteiger partial charge in [0.25, 0.3) is 0 Å². The molecule has 0 bridgehead atoms. The summed E-state index contributed by atoms with van der Waals surface area (Å²) in [6, 6.07) is 6.63. The highest BCUT2D eigenvalue weighted by Crippen LogP contribution is 2.28. The minimum Gasteiger partial charge on any atom is -0.319 e. The van der Waals surface area contributed by atoms with Crippen molar-refractivity contribution in [2.24, 2.45) is 5.92 Å². The van der Waals surface area contributed by atoms with Crippen molar-refractivity contribution in [3.63, 3.8) is 0 Å². The largest absolute Gasteiger partial charge is 0.319 e. The third kappa shape index (κ3) is 3.18. The van der Waals surface area contributed by atoms with E-state index in [0.717, 1.165) is 18.4 Å². The molecule has 1 aliphatic heterocycles. The highest BCUT2D eigenvalue weighted by molar-refractivity contribution is 5.81. The smallest absolute Gasteiger partial charge is 0.238 e. The summed E-state index contributed by atoms with van der Waals surface area (Å²) in [4.78, 5) is 14.0. The number of hydrogen-bond donors (Lipinski definition) is 1. The fourth-order valence-corrected chi connectivity index (χ4v) is 2.84. The van der Waals surface area contributed by atoms with Gasteiger partial charge in [0, 0.05) is 6.04 Å². The molecule has 1 N–H and O–H groups in total. The summed E-state index contributed by atoms with van der Waals surface area (Å²) >= 11 is 0. The first-order valence-electron chi connectivity index (χ1n) is 7.33. The summed E-state index contributed by atoms with van der Waals surface area (Å²) in [7, 11) is 0. The molecule has 3 unspecified atom stereocenters. The van der Waals surface area contributed by atoms with Crippen LogP contribution in [0.25, 0.3) is 0 Å². The molecule has 1 aromatic rings. The Balaban J connectivity index is 2.18. The van der Waals surface area contributed by atoms with Crippen LogP contribution >= 0.6 is 0 Å². The molecule has 1 amide bonds. The lowest BCUT2D eigenvalue weighted by atomic mass is 9.98. The Bertz CT molecular complexity index is 477. The van der Waals surface area contributed by atoms with Crippen molar-refractivity contribution in [3.05, 3.63) is 35.6 Å². The minimum absolute atomic E-state index is 0.0927. The van der Waals surface area contributed by atoms with E-state index in [4.69, 9.17) is 0 Å². The van der Waals surface area contributed by atoms with E-state index < -0.39 is 0 Å². The first-order chi connectivity index (χ1) is 9.52. The molecule has 3 nitrogen and oxygen atoms in total. The van der Waals surface area contributed by atoms with Crippen LogP contribution in [0.15, 0.2) is 24.3 Å². The van der Waals surface area contributed by atoms with Gasteiger partial charge in [-0.1, -0.05) is 32.4 Å². The predicted molar refractivity (Wildman–Crippen MR) is 77.5 cm³/mol. The molecule has 0 radical (unpaired) electrons. The van der Waals surface area contributed by atoms with Crippen molar-refractivity contribution in [2.45, 2.75) is 45.8 Å². The Morgan fingerprint density at radius 2 is 2.20 bits per heavy atom. The van der Waals surface area contributed by atoms with Gasteiger partial charge in [-0.05, 0) is 37.0 Å². The molecule has 1 heterocycles.